The van der Waals surface area contributed by atoms with E-state index in [-0.39, 0.29) is 13.2 Å². The summed E-state index contributed by atoms with van der Waals surface area (Å²) in [7, 11) is -12.3. The lowest BCUT2D eigenvalue weighted by molar-refractivity contribution is 0.150. The number of nitrogens with one attached hydrogen (secondary N) is 1. The van der Waals surface area contributed by atoms with E-state index in [1.807, 2.05) is 6.92 Å². The number of hydrogen-bond donors (Lipinski definition) is 2. The summed E-state index contributed by atoms with van der Waals surface area (Å²) in [6, 6.07) is 0.762. The molecular formula is C17H46NO7PSi4. The molecule has 0 rings (SSSR count). The van der Waals surface area contributed by atoms with Crippen molar-refractivity contribution in [1.29, 1.82) is 0 Å². The van der Waals surface area contributed by atoms with E-state index in [1.54, 1.807) is 0 Å². The van der Waals surface area contributed by atoms with Crippen LogP contribution in [0.4, 0.5) is 0 Å². The second kappa shape index (κ2) is 12.9. The Kier molecular flexibility index (Phi) is 13.2. The fourth-order valence-electron chi connectivity index (χ4n) is 2.65. The maximum absolute atomic E-state index is 11.6. The van der Waals surface area contributed by atoms with Gasteiger partial charge >= 0.3 is 16.6 Å². The Hall–Kier alpha value is 0.818. The normalized spacial score (nSPS) is 16.0. The zero-order chi connectivity index (χ0) is 23.7. The molecule has 2 N–H and O–H groups in total. The summed E-state index contributed by atoms with van der Waals surface area (Å²) in [4.78, 5) is 9.53. The van der Waals surface area contributed by atoms with E-state index in [0.29, 0.717) is 13.0 Å². The smallest absolute Gasteiger partial charge is 0.417 e. The lowest BCUT2D eigenvalue weighted by Crippen LogP contribution is -2.60. The molecule has 0 amide bonds. The molecule has 0 spiro atoms. The Balaban J connectivity index is 4.79. The zero-order valence-electron chi connectivity index (χ0n) is 20.8. The van der Waals surface area contributed by atoms with Crippen molar-refractivity contribution in [3.05, 3.63) is 0 Å². The predicted octanol–water partition coefficient (Wildman–Crippen LogP) is 5.00. The molecule has 13 heteroatoms. The molecule has 0 aliphatic rings. The van der Waals surface area contributed by atoms with Gasteiger partial charge in [0.15, 0.2) is 25.0 Å². The molecule has 0 radical (unpaired) electrons. The third-order valence-electron chi connectivity index (χ3n) is 3.21. The molecule has 1 atom stereocenters. The second-order valence-corrected chi connectivity index (χ2v) is 28.8. The molecule has 182 valence electrons. The van der Waals surface area contributed by atoms with Crippen LogP contribution in [0.25, 0.3) is 0 Å². The fraction of sp³-hybridized carbons (Fsp3) is 1.00. The van der Waals surface area contributed by atoms with Crippen molar-refractivity contribution in [3.63, 3.8) is 0 Å². The van der Waals surface area contributed by atoms with Crippen molar-refractivity contribution in [3.8, 4) is 0 Å². The molecule has 1 unspecified atom stereocenters. The number of rotatable bonds is 17. The van der Waals surface area contributed by atoms with Crippen molar-refractivity contribution in [1.82, 2.24) is 5.32 Å². The molecule has 8 nitrogen and oxygen atoms in total. The summed E-state index contributed by atoms with van der Waals surface area (Å²) >= 11 is 0. The molecule has 30 heavy (non-hydrogen) atoms. The van der Waals surface area contributed by atoms with Gasteiger partial charge in [-0.1, -0.05) is 6.92 Å². The Labute approximate surface area is 188 Å². The summed E-state index contributed by atoms with van der Waals surface area (Å²) < 4.78 is 41.4. The van der Waals surface area contributed by atoms with Crippen LogP contribution < -0.4 is 5.32 Å². The molecule has 0 aliphatic carbocycles. The standard InChI is InChI=1S/C17H46NO7PSi4/c1-11-15-21-26(19,20)22-16-14-18-13-12-17-30(23-27(2,3)4,24-28(5,6)7)25-29(8,9)10/h18H,11-17H2,1-10H3,(H,19,20). The Bertz CT molecular complexity index is 495. The molecule has 0 bridgehead atoms. The van der Waals surface area contributed by atoms with Gasteiger partial charge in [0.05, 0.1) is 13.2 Å². The molecule has 0 aromatic heterocycles. The Morgan fingerprint density at radius 3 is 1.60 bits per heavy atom. The summed E-state index contributed by atoms with van der Waals surface area (Å²) in [6.45, 7) is 23.0. The Morgan fingerprint density at radius 1 is 0.767 bits per heavy atom. The lowest BCUT2D eigenvalue weighted by Gasteiger charge is -2.43. The first-order chi connectivity index (χ1) is 13.4. The topological polar surface area (TPSA) is 95.5 Å². The molecule has 0 fully saturated rings. The predicted molar refractivity (Wildman–Crippen MR) is 133 cm³/mol. The number of hydrogen-bond acceptors (Lipinski definition) is 7. The van der Waals surface area contributed by atoms with Crippen molar-refractivity contribution < 1.29 is 30.9 Å². The largest absolute Gasteiger partial charge is 0.472 e. The number of phosphoric ester groups is 1. The first-order valence-corrected chi connectivity index (χ1v) is 24.5. The van der Waals surface area contributed by atoms with Gasteiger partial charge in [-0.05, 0) is 78.3 Å². The van der Waals surface area contributed by atoms with Crippen LogP contribution in [0.5, 0.6) is 0 Å². The van der Waals surface area contributed by atoms with Crippen molar-refractivity contribution in [2.75, 3.05) is 26.3 Å². The van der Waals surface area contributed by atoms with Crippen LogP contribution in [0.2, 0.25) is 65.0 Å². The Morgan fingerprint density at radius 2 is 1.20 bits per heavy atom. The summed E-state index contributed by atoms with van der Waals surface area (Å²) in [5, 5.41) is 3.25. The molecule has 0 saturated carbocycles. The van der Waals surface area contributed by atoms with Gasteiger partial charge in [0, 0.05) is 12.6 Å². The summed E-state index contributed by atoms with van der Waals surface area (Å²) in [5.41, 5.74) is 0. The third kappa shape index (κ3) is 17.4. The molecule has 0 saturated heterocycles. The van der Waals surface area contributed by atoms with E-state index in [1.165, 1.54) is 0 Å². The van der Waals surface area contributed by atoms with Gasteiger partial charge in [-0.25, -0.2) is 4.57 Å². The number of phosphoric acid groups is 1. The van der Waals surface area contributed by atoms with Gasteiger partial charge in [-0.2, -0.15) is 0 Å². The van der Waals surface area contributed by atoms with Gasteiger partial charge in [0.25, 0.3) is 0 Å². The average Bonchev–Trinajstić information content (AvgIpc) is 2.46. The molecular weight excluding hydrogens is 474 g/mol. The van der Waals surface area contributed by atoms with Crippen molar-refractivity contribution in [2.45, 2.75) is 84.7 Å². The third-order valence-corrected chi connectivity index (χ3v) is 16.3. The van der Waals surface area contributed by atoms with E-state index < -0.39 is 41.6 Å². The van der Waals surface area contributed by atoms with Gasteiger partial charge in [0.2, 0.25) is 0 Å². The van der Waals surface area contributed by atoms with Crippen molar-refractivity contribution >= 4 is 41.6 Å². The van der Waals surface area contributed by atoms with Crippen LogP contribution in [0.15, 0.2) is 0 Å². The second-order valence-electron chi connectivity index (χ2n) is 10.3. The van der Waals surface area contributed by atoms with Gasteiger partial charge in [-0.3, -0.25) is 9.05 Å². The van der Waals surface area contributed by atoms with Crippen LogP contribution in [0.3, 0.4) is 0 Å². The summed E-state index contributed by atoms with van der Waals surface area (Å²) in [6.07, 6.45) is 1.51. The highest BCUT2D eigenvalue weighted by molar-refractivity contribution is 7.47. The van der Waals surface area contributed by atoms with Crippen LogP contribution in [-0.4, -0.2) is 65.0 Å². The maximum atomic E-state index is 11.6. The lowest BCUT2D eigenvalue weighted by atomic mass is 10.5. The van der Waals surface area contributed by atoms with Crippen LogP contribution in [0.1, 0.15) is 19.8 Å². The fourth-order valence-corrected chi connectivity index (χ4v) is 18.1. The van der Waals surface area contributed by atoms with Gasteiger partial charge in [0.1, 0.15) is 0 Å². The summed E-state index contributed by atoms with van der Waals surface area (Å²) in [5.74, 6) is 0. The highest BCUT2D eigenvalue weighted by atomic mass is 31.2. The first kappa shape index (κ1) is 30.8. The monoisotopic (exact) mass is 519 g/mol. The highest BCUT2D eigenvalue weighted by Gasteiger charge is 2.49. The van der Waals surface area contributed by atoms with Crippen LogP contribution in [-0.2, 0) is 26.0 Å². The minimum absolute atomic E-state index is 0.113. The molecule has 0 aliphatic heterocycles. The van der Waals surface area contributed by atoms with E-state index >= 15 is 0 Å². The molecule has 0 aromatic rings. The van der Waals surface area contributed by atoms with Crippen LogP contribution >= 0.6 is 7.82 Å². The maximum Gasteiger partial charge on any atom is 0.472 e. The quantitative estimate of drug-likeness (QED) is 0.157. The molecule has 0 heterocycles. The minimum atomic E-state index is -3.94. The average molecular weight is 520 g/mol. The van der Waals surface area contributed by atoms with Gasteiger partial charge in [-0.15, -0.1) is 0 Å². The SMILES string of the molecule is CCCOP(=O)(O)OCCNCCC[Si](O[Si](C)(C)C)(O[Si](C)(C)C)O[Si](C)(C)C. The van der Waals surface area contributed by atoms with E-state index in [2.05, 4.69) is 64.2 Å². The van der Waals surface area contributed by atoms with Crippen LogP contribution in [0, 0.1) is 0 Å². The van der Waals surface area contributed by atoms with E-state index in [9.17, 15) is 9.46 Å². The van der Waals surface area contributed by atoms with Gasteiger partial charge < -0.3 is 22.6 Å². The van der Waals surface area contributed by atoms with E-state index in [0.717, 1.165) is 19.0 Å². The van der Waals surface area contributed by atoms with Crippen molar-refractivity contribution in [2.24, 2.45) is 0 Å². The molecule has 0 aromatic carbocycles. The highest BCUT2D eigenvalue weighted by Crippen LogP contribution is 2.42. The first-order valence-electron chi connectivity index (χ1n) is 10.8. The minimum Gasteiger partial charge on any atom is -0.417 e. The zero-order valence-corrected chi connectivity index (χ0v) is 25.7. The van der Waals surface area contributed by atoms with E-state index in [4.69, 9.17) is 21.4 Å².